The average molecular weight is 346 g/mol. The lowest BCUT2D eigenvalue weighted by Crippen LogP contribution is -1.72. The third-order valence-corrected chi connectivity index (χ3v) is 5.75. The summed E-state index contributed by atoms with van der Waals surface area (Å²) in [5, 5.41) is 7.17. The van der Waals surface area contributed by atoms with Gasteiger partial charge in [-0.3, -0.25) is 0 Å². The van der Waals surface area contributed by atoms with E-state index in [1.54, 1.807) is 0 Å². The molecule has 0 bridgehead atoms. The molecule has 0 atom stereocenters. The van der Waals surface area contributed by atoms with E-state index in [-0.39, 0.29) is 0 Å². The molecule has 0 amide bonds. The molecule has 2 N–H and O–H groups in total. The van der Waals surface area contributed by atoms with Gasteiger partial charge in [-0.15, -0.1) is 0 Å². The topological polar surface area (TPSA) is 44.7 Å². The van der Waals surface area contributed by atoms with Crippen molar-refractivity contribution in [2.45, 2.75) is 0 Å². The molecule has 0 aliphatic carbocycles. The molecule has 0 aliphatic rings. The summed E-state index contributed by atoms with van der Waals surface area (Å²) >= 11 is 0. The molecule has 0 saturated carbocycles. The zero-order valence-corrected chi connectivity index (χ0v) is 14.3. The monoisotopic (exact) mass is 346 g/mol. The molecule has 3 heterocycles. The van der Waals surface area contributed by atoms with Crippen molar-refractivity contribution in [2.75, 3.05) is 0 Å². The number of nitrogens with one attached hydrogen (secondary N) is 2. The Bertz CT molecular complexity index is 1680. The Balaban J connectivity index is 1.77. The van der Waals surface area contributed by atoms with Crippen molar-refractivity contribution in [2.24, 2.45) is 0 Å². The number of aromatic amines is 2. The second-order valence-electron chi connectivity index (χ2n) is 7.17. The van der Waals surface area contributed by atoms with Gasteiger partial charge in [0.15, 0.2) is 0 Å². The highest BCUT2D eigenvalue weighted by Crippen LogP contribution is 2.40. The molecular weight excluding hydrogens is 332 g/mol. The SMILES string of the molecule is c1ccc2c(c1)[nH]c1ccc3c([nH]c4ccc5c6ccccc6oc5c43)c12. The van der Waals surface area contributed by atoms with Gasteiger partial charge in [0.05, 0.1) is 16.4 Å². The van der Waals surface area contributed by atoms with Crippen molar-refractivity contribution in [1.29, 1.82) is 0 Å². The van der Waals surface area contributed by atoms with Crippen LogP contribution in [0.25, 0.3) is 65.6 Å². The fraction of sp³-hybridized carbons (Fsp3) is 0. The van der Waals surface area contributed by atoms with Gasteiger partial charge in [0.1, 0.15) is 11.2 Å². The van der Waals surface area contributed by atoms with Gasteiger partial charge in [-0.25, -0.2) is 0 Å². The average Bonchev–Trinajstić information content (AvgIpc) is 3.37. The number of benzene rings is 4. The minimum Gasteiger partial charge on any atom is -0.455 e. The van der Waals surface area contributed by atoms with Crippen LogP contribution in [0.3, 0.4) is 0 Å². The van der Waals surface area contributed by atoms with Crippen LogP contribution in [0, 0.1) is 0 Å². The predicted octanol–water partition coefficient (Wildman–Crippen LogP) is 6.86. The van der Waals surface area contributed by atoms with Crippen molar-refractivity contribution < 1.29 is 4.42 Å². The van der Waals surface area contributed by atoms with Crippen LogP contribution in [0.15, 0.2) is 77.2 Å². The lowest BCUT2D eigenvalue weighted by atomic mass is 10.1. The number of fused-ring (bicyclic) bond motifs is 11. The molecule has 0 fully saturated rings. The summed E-state index contributed by atoms with van der Waals surface area (Å²) < 4.78 is 6.29. The van der Waals surface area contributed by atoms with E-state index in [2.05, 4.69) is 70.6 Å². The van der Waals surface area contributed by atoms with Crippen LogP contribution < -0.4 is 0 Å². The molecule has 3 heteroatoms. The summed E-state index contributed by atoms with van der Waals surface area (Å²) in [5.74, 6) is 0. The van der Waals surface area contributed by atoms with Crippen LogP contribution in [0.5, 0.6) is 0 Å². The third-order valence-electron chi connectivity index (χ3n) is 5.75. The molecule has 0 spiro atoms. The molecule has 7 aromatic rings. The Labute approximate surface area is 153 Å². The molecule has 4 aromatic carbocycles. The first kappa shape index (κ1) is 13.5. The van der Waals surface area contributed by atoms with Gasteiger partial charge in [-0.2, -0.15) is 0 Å². The largest absolute Gasteiger partial charge is 0.455 e. The number of hydrogen-bond acceptors (Lipinski definition) is 1. The Morgan fingerprint density at radius 3 is 2.19 bits per heavy atom. The van der Waals surface area contributed by atoms with Gasteiger partial charge in [0, 0.05) is 38.0 Å². The number of rotatable bonds is 0. The molecule has 0 radical (unpaired) electrons. The molecule has 3 aromatic heterocycles. The highest BCUT2D eigenvalue weighted by Gasteiger charge is 2.17. The molecule has 126 valence electrons. The third kappa shape index (κ3) is 1.57. The van der Waals surface area contributed by atoms with E-state index >= 15 is 0 Å². The van der Waals surface area contributed by atoms with Crippen molar-refractivity contribution in [3.8, 4) is 0 Å². The van der Waals surface area contributed by atoms with Crippen molar-refractivity contribution in [3.63, 3.8) is 0 Å². The number of aromatic nitrogens is 2. The summed E-state index contributed by atoms with van der Waals surface area (Å²) in [6.07, 6.45) is 0. The van der Waals surface area contributed by atoms with E-state index in [1.165, 1.54) is 16.2 Å². The maximum atomic E-state index is 6.29. The Morgan fingerprint density at radius 2 is 1.26 bits per heavy atom. The number of hydrogen-bond donors (Lipinski definition) is 2. The Morgan fingerprint density at radius 1 is 0.519 bits per heavy atom. The summed E-state index contributed by atoms with van der Waals surface area (Å²) in [5.41, 5.74) is 6.47. The van der Waals surface area contributed by atoms with Crippen LogP contribution in [-0.2, 0) is 0 Å². The van der Waals surface area contributed by atoms with Crippen LogP contribution >= 0.6 is 0 Å². The van der Waals surface area contributed by atoms with E-state index in [4.69, 9.17) is 4.42 Å². The quantitative estimate of drug-likeness (QED) is 0.310. The summed E-state index contributed by atoms with van der Waals surface area (Å²) in [4.78, 5) is 7.19. The number of furan rings is 1. The molecule has 27 heavy (non-hydrogen) atoms. The minimum absolute atomic E-state index is 0.933. The molecule has 7 rings (SSSR count). The molecule has 0 unspecified atom stereocenters. The molecule has 3 nitrogen and oxygen atoms in total. The first-order chi connectivity index (χ1) is 13.4. The van der Waals surface area contributed by atoms with Gasteiger partial charge in [-0.05, 0) is 36.4 Å². The van der Waals surface area contributed by atoms with Gasteiger partial charge >= 0.3 is 0 Å². The number of H-pyrrole nitrogens is 2. The Hall–Kier alpha value is -3.72. The Kier molecular flexibility index (Phi) is 2.25. The highest BCUT2D eigenvalue weighted by molar-refractivity contribution is 6.29. The van der Waals surface area contributed by atoms with E-state index in [0.717, 1.165) is 49.4 Å². The fourth-order valence-corrected chi connectivity index (χ4v) is 4.58. The standard InChI is InChI=1S/C24H14N2O/c1-3-7-17-15(6-1)21-18(25-17)12-10-16-22-19(26-23(16)21)11-9-14-13-5-2-4-8-20(13)27-24(14)22/h1-12,25-26H. The minimum atomic E-state index is 0.933. The van der Waals surface area contributed by atoms with E-state index in [9.17, 15) is 0 Å². The van der Waals surface area contributed by atoms with Crippen molar-refractivity contribution in [3.05, 3.63) is 72.8 Å². The zero-order valence-electron chi connectivity index (χ0n) is 14.3. The van der Waals surface area contributed by atoms with E-state index < -0.39 is 0 Å². The van der Waals surface area contributed by atoms with Gasteiger partial charge < -0.3 is 14.4 Å². The van der Waals surface area contributed by atoms with Crippen molar-refractivity contribution in [1.82, 2.24) is 9.97 Å². The van der Waals surface area contributed by atoms with Gasteiger partial charge in [0.2, 0.25) is 0 Å². The van der Waals surface area contributed by atoms with Crippen LogP contribution in [0.2, 0.25) is 0 Å². The maximum Gasteiger partial charge on any atom is 0.145 e. The lowest BCUT2D eigenvalue weighted by molar-refractivity contribution is 0.673. The second-order valence-corrected chi connectivity index (χ2v) is 7.17. The first-order valence-corrected chi connectivity index (χ1v) is 9.13. The molecule has 0 saturated heterocycles. The van der Waals surface area contributed by atoms with Crippen LogP contribution in [0.1, 0.15) is 0 Å². The van der Waals surface area contributed by atoms with Crippen LogP contribution in [-0.4, -0.2) is 9.97 Å². The predicted molar refractivity (Wildman–Crippen MR) is 112 cm³/mol. The summed E-state index contributed by atoms with van der Waals surface area (Å²) in [6, 6.07) is 25.4. The lowest BCUT2D eigenvalue weighted by Gasteiger charge is -1.95. The fourth-order valence-electron chi connectivity index (χ4n) is 4.58. The number of para-hydroxylation sites is 2. The van der Waals surface area contributed by atoms with Crippen molar-refractivity contribution >= 4 is 65.6 Å². The molecular formula is C24H14N2O. The second kappa shape index (κ2) is 4.51. The van der Waals surface area contributed by atoms with E-state index in [1.807, 2.05) is 12.1 Å². The smallest absolute Gasteiger partial charge is 0.145 e. The summed E-state index contributed by atoms with van der Waals surface area (Å²) in [7, 11) is 0. The maximum absolute atomic E-state index is 6.29. The highest BCUT2D eigenvalue weighted by atomic mass is 16.3. The van der Waals surface area contributed by atoms with Crippen LogP contribution in [0.4, 0.5) is 0 Å². The normalized spacial score (nSPS) is 12.4. The zero-order chi connectivity index (χ0) is 17.5. The van der Waals surface area contributed by atoms with Gasteiger partial charge in [-0.1, -0.05) is 36.4 Å². The first-order valence-electron chi connectivity index (χ1n) is 9.13. The van der Waals surface area contributed by atoms with Gasteiger partial charge in [0.25, 0.3) is 0 Å². The molecule has 0 aliphatic heterocycles. The van der Waals surface area contributed by atoms with E-state index in [0.29, 0.717) is 0 Å². The summed E-state index contributed by atoms with van der Waals surface area (Å²) in [6.45, 7) is 0.